The fourth-order valence-electron chi connectivity index (χ4n) is 11.6. The minimum atomic E-state index is -0.658. The van der Waals surface area contributed by atoms with Gasteiger partial charge in [-0.1, -0.05) is 48.5 Å². The number of alkyl carbamates (subject to hydrolysis) is 1. The summed E-state index contributed by atoms with van der Waals surface area (Å²) < 4.78 is 4.90. The third-order valence-corrected chi connectivity index (χ3v) is 17.3. The van der Waals surface area contributed by atoms with Crippen LogP contribution in [0, 0.1) is 10.8 Å². The summed E-state index contributed by atoms with van der Waals surface area (Å²) >= 11 is 3.33. The smallest absolute Gasteiger partial charge is 0.407 e. The molecule has 70 heavy (non-hydrogen) atoms. The van der Waals surface area contributed by atoms with Crippen molar-refractivity contribution < 1.29 is 23.9 Å². The molecule has 4 atom stereocenters. The van der Waals surface area contributed by atoms with Gasteiger partial charge in [-0.3, -0.25) is 14.4 Å². The van der Waals surface area contributed by atoms with Gasteiger partial charge >= 0.3 is 6.09 Å². The van der Waals surface area contributed by atoms with Gasteiger partial charge in [-0.2, -0.15) is 23.5 Å². The highest BCUT2D eigenvalue weighted by Crippen LogP contribution is 2.59. The number of thioether (sulfide) groups is 2. The van der Waals surface area contributed by atoms with Crippen molar-refractivity contribution in [3.63, 3.8) is 0 Å². The van der Waals surface area contributed by atoms with E-state index in [1.54, 1.807) is 23.5 Å². The van der Waals surface area contributed by atoms with Crippen molar-refractivity contribution in [2.75, 3.05) is 44.2 Å². The van der Waals surface area contributed by atoms with E-state index < -0.39 is 18.2 Å². The molecule has 4 heterocycles. The molecule has 14 rings (SSSR count). The van der Waals surface area contributed by atoms with Crippen LogP contribution in [-0.4, -0.2) is 110 Å². The number of hydrogen-bond acceptors (Lipinski definition) is 9. The number of carbonyl (C=O) groups excluding carboxylic acids is 4. The first-order chi connectivity index (χ1) is 34.1. The molecule has 6 aliphatic carbocycles. The molecule has 2 aromatic heterocycles. The second-order valence-corrected chi connectivity index (χ2v) is 22.6. The van der Waals surface area contributed by atoms with Crippen LogP contribution < -0.4 is 10.6 Å². The number of aryl methyl sites for hydroxylation is 4. The van der Waals surface area contributed by atoms with Gasteiger partial charge in [0.2, 0.25) is 18.2 Å². The largest absolute Gasteiger partial charge is 0.453 e. The van der Waals surface area contributed by atoms with Crippen molar-refractivity contribution in [2.24, 2.45) is 10.8 Å². The average molecular weight is 979 g/mol. The Bertz CT molecular complexity index is 3000. The van der Waals surface area contributed by atoms with E-state index in [0.717, 1.165) is 121 Å². The number of ether oxygens (including phenoxy) is 1. The van der Waals surface area contributed by atoms with Crippen molar-refractivity contribution in [1.82, 2.24) is 40.4 Å². The lowest BCUT2D eigenvalue weighted by Crippen LogP contribution is -2.49. The van der Waals surface area contributed by atoms with Gasteiger partial charge in [0.25, 0.3) is 0 Å². The first kappa shape index (κ1) is 46.6. The van der Waals surface area contributed by atoms with Crippen LogP contribution in [0.5, 0.6) is 0 Å². The first-order valence-corrected chi connectivity index (χ1v) is 27.7. The number of aromatic amines is 2. The molecule has 8 aliphatic rings. The highest BCUT2D eigenvalue weighted by atomic mass is 32.2. The molecular formula is C55H62N8O5S2. The number of nitrogens with zero attached hydrogens (tertiary/aromatic N) is 4. The van der Waals surface area contributed by atoms with Gasteiger partial charge in [0, 0.05) is 13.1 Å². The predicted molar refractivity (Wildman–Crippen MR) is 278 cm³/mol. The van der Waals surface area contributed by atoms with Gasteiger partial charge in [-0.15, -0.1) is 0 Å². The Labute approximate surface area is 417 Å². The Morgan fingerprint density at radius 2 is 1.19 bits per heavy atom. The molecule has 0 radical (unpaired) electrons. The second kappa shape index (κ2) is 19.1. The Morgan fingerprint density at radius 1 is 0.700 bits per heavy atom. The van der Waals surface area contributed by atoms with E-state index in [4.69, 9.17) is 14.7 Å². The zero-order valence-corrected chi connectivity index (χ0v) is 41.9. The van der Waals surface area contributed by atoms with Crippen molar-refractivity contribution in [3.8, 4) is 22.3 Å². The maximum Gasteiger partial charge on any atom is 0.407 e. The van der Waals surface area contributed by atoms with Crippen LogP contribution in [0.1, 0.15) is 97.4 Å². The maximum absolute atomic E-state index is 14.2. The summed E-state index contributed by atoms with van der Waals surface area (Å²) in [7, 11) is 1.33. The summed E-state index contributed by atoms with van der Waals surface area (Å²) in [5, 5.41) is 5.62. The van der Waals surface area contributed by atoms with Crippen molar-refractivity contribution in [1.29, 1.82) is 0 Å². The molecule has 2 saturated carbocycles. The van der Waals surface area contributed by atoms with Crippen LogP contribution in [0.3, 0.4) is 0 Å². The number of fused-ring (bicyclic) bond motifs is 2. The molecule has 2 spiro atoms. The minimum Gasteiger partial charge on any atom is -0.453 e. The Hall–Kier alpha value is -5.80. The van der Waals surface area contributed by atoms with Crippen molar-refractivity contribution >= 4 is 69.9 Å². The standard InChI is InChI=1S/C55H62N8O5S2/c1-68-53(67)61-44(17-23-70-3)52(66)63-31-55(20-21-55)29-48(63)50-58-42-15-13-38(27-46(42)60-50)40-25-34-5-9-35-8-4-33(6-10-36(40)11-7-34)24-39(35)37-12-14-41-45(26-37)59-49(57-41)47-28-54(18-19-54)30-62(47)51(65)43(56-32-64)16-22-69-2/h4,7-8,11-15,24-27,32,43-44,47-48H,5-6,9-10,16-23,28-31H2,1-3H3,(H,56,64)(H,57,59)(H,58,60)(H,61,67). The molecule has 4 aromatic carbocycles. The monoisotopic (exact) mass is 978 g/mol. The lowest BCUT2D eigenvalue weighted by atomic mass is 9.87. The number of benzene rings is 4. The fourth-order valence-corrected chi connectivity index (χ4v) is 12.6. The number of rotatable bonds is 15. The molecule has 4 N–H and O–H groups in total. The van der Waals surface area contributed by atoms with Crippen LogP contribution in [0.25, 0.3) is 44.3 Å². The summed E-state index contributed by atoms with van der Waals surface area (Å²) in [6.07, 6.45) is 14.9. The van der Waals surface area contributed by atoms with Gasteiger partial charge in [0.1, 0.15) is 23.7 Å². The van der Waals surface area contributed by atoms with Gasteiger partial charge < -0.3 is 35.1 Å². The van der Waals surface area contributed by atoms with Gasteiger partial charge in [0.15, 0.2) is 0 Å². The van der Waals surface area contributed by atoms with E-state index >= 15 is 0 Å². The molecule has 2 aliphatic heterocycles. The highest BCUT2D eigenvalue weighted by molar-refractivity contribution is 7.98. The number of nitrogens with one attached hydrogen (secondary N) is 4. The average Bonchev–Trinajstić information content (AvgIpc) is 4.03. The van der Waals surface area contributed by atoms with E-state index in [1.165, 1.54) is 40.5 Å². The Morgan fingerprint density at radius 3 is 1.64 bits per heavy atom. The highest BCUT2D eigenvalue weighted by Gasteiger charge is 2.56. The lowest BCUT2D eigenvalue weighted by Gasteiger charge is -2.28. The van der Waals surface area contributed by atoms with Crippen molar-refractivity contribution in [3.05, 3.63) is 107 Å². The van der Waals surface area contributed by atoms with Crippen LogP contribution in [0.4, 0.5) is 4.79 Å². The summed E-state index contributed by atoms with van der Waals surface area (Å²) in [5.74, 6) is 3.07. The van der Waals surface area contributed by atoms with Crippen LogP contribution >= 0.6 is 23.5 Å². The van der Waals surface area contributed by atoms with Crippen molar-refractivity contribution in [2.45, 2.75) is 101 Å². The number of amides is 4. The fraction of sp³-hybridized carbons (Fsp3) is 0.455. The Kier molecular flexibility index (Phi) is 12.7. The Balaban J connectivity index is 0.833. The predicted octanol–water partition coefficient (Wildman–Crippen LogP) is 9.11. The van der Waals surface area contributed by atoms with Gasteiger partial charge in [0.05, 0.1) is 41.3 Å². The zero-order valence-electron chi connectivity index (χ0n) is 40.3. The van der Waals surface area contributed by atoms with Crippen LogP contribution in [0.15, 0.2) is 72.8 Å². The number of methoxy groups -OCH3 is 1. The topological polar surface area (TPSA) is 165 Å². The molecule has 364 valence electrons. The van der Waals surface area contributed by atoms with E-state index in [0.29, 0.717) is 32.3 Å². The third kappa shape index (κ3) is 9.19. The maximum atomic E-state index is 14.2. The summed E-state index contributed by atoms with van der Waals surface area (Å²) in [5.41, 5.74) is 13.8. The van der Waals surface area contributed by atoms with E-state index in [1.807, 2.05) is 22.3 Å². The number of hydrogen-bond donors (Lipinski definition) is 4. The number of likely N-dealkylation sites (tertiary alicyclic amines) is 2. The molecule has 2 saturated heterocycles. The van der Waals surface area contributed by atoms with Crippen LogP contribution in [0.2, 0.25) is 0 Å². The first-order valence-electron chi connectivity index (χ1n) is 24.9. The number of carbonyl (C=O) groups is 4. The molecule has 15 heteroatoms. The van der Waals surface area contributed by atoms with Gasteiger partial charge in [-0.25, -0.2) is 14.8 Å². The van der Waals surface area contributed by atoms with Crippen LogP contribution in [-0.2, 0) is 44.8 Å². The van der Waals surface area contributed by atoms with Gasteiger partial charge in [-0.05, 0) is 181 Å². The minimum absolute atomic E-state index is 0.0166. The number of H-pyrrole nitrogens is 2. The van der Waals surface area contributed by atoms with E-state index in [9.17, 15) is 19.2 Å². The summed E-state index contributed by atoms with van der Waals surface area (Å²) in [6.45, 7) is 1.38. The molecular weight excluding hydrogens is 917 g/mol. The van der Waals surface area contributed by atoms with E-state index in [2.05, 4.69) is 93.4 Å². The molecule has 4 unspecified atom stereocenters. The quantitative estimate of drug-likeness (QED) is 0.0735. The number of aromatic nitrogens is 4. The third-order valence-electron chi connectivity index (χ3n) is 16.0. The molecule has 6 aromatic rings. The molecule has 4 fully saturated rings. The number of imidazole rings is 2. The summed E-state index contributed by atoms with van der Waals surface area (Å²) in [6, 6.07) is 25.4. The lowest BCUT2D eigenvalue weighted by molar-refractivity contribution is -0.136. The van der Waals surface area contributed by atoms with E-state index in [-0.39, 0.29) is 34.7 Å². The molecule has 4 bridgehead atoms. The SMILES string of the molecule is COC(=O)NC(CCSC)C(=O)N1CC2(CC2)CC1c1nc2cc(-c3cc4ccc3CCc3ccc(c(-c5ccc6[nH]c(C7CC8(CC8)CN7C(=O)C(CCSC)NC=O)nc6c5)c3)CC4)ccc2[nH]1. The normalized spacial score (nSPS) is 20.4. The molecule has 13 nitrogen and oxygen atoms in total. The zero-order chi connectivity index (χ0) is 48.1. The second-order valence-electron chi connectivity index (χ2n) is 20.7. The summed E-state index contributed by atoms with van der Waals surface area (Å²) in [4.78, 5) is 73.6. The molecule has 4 amide bonds.